The number of nitrogens with zero attached hydrogens (tertiary/aromatic N) is 2. The molecule has 5 heteroatoms. The molecule has 2 aromatic carbocycles. The van der Waals surface area contributed by atoms with Crippen LogP contribution in [-0.2, 0) is 16.0 Å². The number of aryl methyl sites for hydroxylation is 2. The lowest BCUT2D eigenvalue weighted by molar-refractivity contribution is -0.140. The van der Waals surface area contributed by atoms with Gasteiger partial charge >= 0.3 is 5.97 Å². The van der Waals surface area contributed by atoms with Crippen LogP contribution in [0.3, 0.4) is 0 Å². The highest BCUT2D eigenvalue weighted by Gasteiger charge is 2.31. The van der Waals surface area contributed by atoms with Crippen molar-refractivity contribution in [3.63, 3.8) is 0 Å². The predicted octanol–water partition coefficient (Wildman–Crippen LogP) is 7.46. The van der Waals surface area contributed by atoms with E-state index < -0.39 is 0 Å². The second-order valence-corrected chi connectivity index (χ2v) is 11.0. The minimum Gasteiger partial charge on any atom is -0.469 e. The summed E-state index contributed by atoms with van der Waals surface area (Å²) in [7, 11) is 1.44. The molecule has 34 heavy (non-hydrogen) atoms. The molecule has 1 fully saturated rings. The van der Waals surface area contributed by atoms with Gasteiger partial charge in [-0.25, -0.2) is 4.98 Å². The van der Waals surface area contributed by atoms with Gasteiger partial charge in [-0.3, -0.25) is 4.79 Å². The van der Waals surface area contributed by atoms with Gasteiger partial charge in [-0.1, -0.05) is 46.2 Å². The Kier molecular flexibility index (Phi) is 7.01. The zero-order chi connectivity index (χ0) is 24.5. The molecule has 1 heterocycles. The Morgan fingerprint density at radius 3 is 2.62 bits per heavy atom. The van der Waals surface area contributed by atoms with Crippen LogP contribution in [0.25, 0.3) is 11.0 Å². The largest absolute Gasteiger partial charge is 0.469 e. The van der Waals surface area contributed by atoms with Crippen molar-refractivity contribution in [1.82, 2.24) is 9.55 Å². The van der Waals surface area contributed by atoms with Gasteiger partial charge in [0, 0.05) is 18.2 Å². The maximum atomic E-state index is 11.7. The first-order chi connectivity index (χ1) is 16.2. The SMILES string of the molecule is COC(=O)CCc1cc2nc(Nc3ccc(C(C)C)cc3)n([C@H]3CCCC(C)(C)C3)c2cc1C. The zero-order valence-corrected chi connectivity index (χ0v) is 21.6. The molecule has 0 bridgehead atoms. The van der Waals surface area contributed by atoms with Crippen molar-refractivity contribution in [3.8, 4) is 0 Å². The Bertz CT molecular complexity index is 1160. The number of aromatic nitrogens is 2. The molecule has 0 amide bonds. The molecule has 5 nitrogen and oxygen atoms in total. The predicted molar refractivity (Wildman–Crippen MR) is 140 cm³/mol. The lowest BCUT2D eigenvalue weighted by Crippen LogP contribution is -2.25. The lowest BCUT2D eigenvalue weighted by Gasteiger charge is -2.36. The van der Waals surface area contributed by atoms with Crippen molar-refractivity contribution in [2.45, 2.75) is 85.1 Å². The first kappa shape index (κ1) is 24.3. The molecule has 1 aliphatic carbocycles. The second kappa shape index (κ2) is 9.81. The van der Waals surface area contributed by atoms with Gasteiger partial charge in [-0.2, -0.15) is 0 Å². The number of methoxy groups -OCH3 is 1. The van der Waals surface area contributed by atoms with Crippen molar-refractivity contribution in [2.75, 3.05) is 12.4 Å². The van der Waals surface area contributed by atoms with Gasteiger partial charge < -0.3 is 14.6 Å². The molecule has 0 radical (unpaired) electrons. The van der Waals surface area contributed by atoms with Crippen LogP contribution in [-0.4, -0.2) is 22.6 Å². The maximum absolute atomic E-state index is 11.7. The first-order valence-electron chi connectivity index (χ1n) is 12.6. The molecule has 0 saturated heterocycles. The Morgan fingerprint density at radius 2 is 1.97 bits per heavy atom. The van der Waals surface area contributed by atoms with Crippen LogP contribution in [0.4, 0.5) is 11.6 Å². The smallest absolute Gasteiger partial charge is 0.305 e. The fourth-order valence-electron chi connectivity index (χ4n) is 5.31. The molecule has 0 spiro atoms. The molecule has 1 atom stereocenters. The number of nitrogens with one attached hydrogen (secondary N) is 1. The van der Waals surface area contributed by atoms with Crippen LogP contribution in [0, 0.1) is 12.3 Å². The number of hydrogen-bond acceptors (Lipinski definition) is 4. The summed E-state index contributed by atoms with van der Waals surface area (Å²) in [5.41, 5.74) is 7.21. The van der Waals surface area contributed by atoms with Gasteiger partial charge in [0.25, 0.3) is 0 Å². The monoisotopic (exact) mass is 461 g/mol. The van der Waals surface area contributed by atoms with E-state index in [0.717, 1.165) is 29.1 Å². The summed E-state index contributed by atoms with van der Waals surface area (Å²) in [6, 6.07) is 13.5. The summed E-state index contributed by atoms with van der Waals surface area (Å²) in [5.74, 6) is 1.23. The summed E-state index contributed by atoms with van der Waals surface area (Å²) < 4.78 is 7.28. The third kappa shape index (κ3) is 5.29. The topological polar surface area (TPSA) is 56.1 Å². The zero-order valence-electron chi connectivity index (χ0n) is 21.6. The van der Waals surface area contributed by atoms with Crippen molar-refractivity contribution in [3.05, 3.63) is 53.1 Å². The van der Waals surface area contributed by atoms with Gasteiger partial charge in [0.2, 0.25) is 5.95 Å². The third-order valence-electron chi connectivity index (χ3n) is 7.35. The summed E-state index contributed by atoms with van der Waals surface area (Å²) in [6.45, 7) is 11.3. The number of carbonyl (C=O) groups excluding carboxylic acids is 1. The number of benzene rings is 2. The van der Waals surface area contributed by atoms with Crippen molar-refractivity contribution >= 4 is 28.6 Å². The van der Waals surface area contributed by atoms with Crippen LogP contribution in [0.2, 0.25) is 0 Å². The average molecular weight is 462 g/mol. The highest BCUT2D eigenvalue weighted by atomic mass is 16.5. The number of rotatable bonds is 7. The molecular formula is C29H39N3O2. The average Bonchev–Trinajstić information content (AvgIpc) is 3.13. The fourth-order valence-corrected chi connectivity index (χ4v) is 5.31. The number of anilines is 2. The Hall–Kier alpha value is -2.82. The summed E-state index contributed by atoms with van der Waals surface area (Å²) in [5, 5.41) is 3.63. The van der Waals surface area contributed by atoms with Gasteiger partial charge in [0.05, 0.1) is 18.1 Å². The number of ether oxygens (including phenoxy) is 1. The van der Waals surface area contributed by atoms with E-state index in [9.17, 15) is 4.79 Å². The molecule has 182 valence electrons. The van der Waals surface area contributed by atoms with Gasteiger partial charge in [-0.05, 0) is 84.9 Å². The van der Waals surface area contributed by atoms with Gasteiger partial charge in [-0.15, -0.1) is 0 Å². The quantitative estimate of drug-likeness (QED) is 0.371. The number of hydrogen-bond donors (Lipinski definition) is 1. The van der Waals surface area contributed by atoms with Crippen LogP contribution in [0.1, 0.15) is 88.4 Å². The van der Waals surface area contributed by atoms with E-state index >= 15 is 0 Å². The van der Waals surface area contributed by atoms with E-state index in [4.69, 9.17) is 9.72 Å². The normalized spacial score (nSPS) is 17.8. The molecule has 4 rings (SSSR count). The molecule has 1 N–H and O–H groups in total. The molecule has 1 saturated carbocycles. The van der Waals surface area contributed by atoms with E-state index in [-0.39, 0.29) is 5.97 Å². The van der Waals surface area contributed by atoms with Gasteiger partial charge in [0.1, 0.15) is 0 Å². The summed E-state index contributed by atoms with van der Waals surface area (Å²) in [6.07, 6.45) is 5.86. The molecule has 1 aromatic heterocycles. The molecular weight excluding hydrogens is 422 g/mol. The van der Waals surface area contributed by atoms with Crippen molar-refractivity contribution < 1.29 is 9.53 Å². The van der Waals surface area contributed by atoms with E-state index in [0.29, 0.717) is 30.2 Å². The Morgan fingerprint density at radius 1 is 1.24 bits per heavy atom. The third-order valence-corrected chi connectivity index (χ3v) is 7.35. The second-order valence-electron chi connectivity index (χ2n) is 11.0. The minimum absolute atomic E-state index is 0.179. The minimum atomic E-state index is -0.179. The van der Waals surface area contributed by atoms with E-state index in [1.807, 2.05) is 0 Å². The number of esters is 1. The first-order valence-corrected chi connectivity index (χ1v) is 12.6. The molecule has 0 unspecified atom stereocenters. The number of imidazole rings is 1. The van der Waals surface area contributed by atoms with E-state index in [1.54, 1.807) is 0 Å². The van der Waals surface area contributed by atoms with Gasteiger partial charge in [0.15, 0.2) is 0 Å². The lowest BCUT2D eigenvalue weighted by atomic mass is 9.75. The van der Waals surface area contributed by atoms with E-state index in [1.165, 1.54) is 43.0 Å². The summed E-state index contributed by atoms with van der Waals surface area (Å²) >= 11 is 0. The molecule has 3 aromatic rings. The van der Waals surface area contributed by atoms with Crippen LogP contribution in [0.15, 0.2) is 36.4 Å². The maximum Gasteiger partial charge on any atom is 0.305 e. The number of carbonyl (C=O) groups is 1. The fraction of sp³-hybridized carbons (Fsp3) is 0.517. The van der Waals surface area contributed by atoms with Crippen LogP contribution < -0.4 is 5.32 Å². The number of fused-ring (bicyclic) bond motifs is 1. The Labute approximate surface area is 203 Å². The molecule has 0 aliphatic heterocycles. The van der Waals surface area contributed by atoms with Crippen LogP contribution in [0.5, 0.6) is 0 Å². The summed E-state index contributed by atoms with van der Waals surface area (Å²) in [4.78, 5) is 16.8. The highest BCUT2D eigenvalue weighted by Crippen LogP contribution is 2.44. The van der Waals surface area contributed by atoms with Crippen molar-refractivity contribution in [1.29, 1.82) is 0 Å². The van der Waals surface area contributed by atoms with Crippen molar-refractivity contribution in [2.24, 2.45) is 5.41 Å². The molecule has 1 aliphatic rings. The highest BCUT2D eigenvalue weighted by molar-refractivity contribution is 5.82. The van der Waals surface area contributed by atoms with E-state index in [2.05, 4.69) is 80.9 Å². The standard InChI is InChI=1S/C29H39N3O2/c1-19(2)21-9-12-23(13-10-21)30-28-31-25-17-22(11-14-27(33)34-6)20(3)16-26(25)32(28)24-8-7-15-29(4,5)18-24/h9-10,12-13,16-17,19,24H,7-8,11,14-15,18H2,1-6H3,(H,30,31)/t24-/m0/s1. The Balaban J connectivity index is 1.74. The van der Waals surface area contributed by atoms with Crippen LogP contribution >= 0.6 is 0 Å².